The molecule has 0 aliphatic heterocycles. The number of rotatable bonds is 6. The average molecular weight is 427 g/mol. The fraction of sp³-hybridized carbons (Fsp3) is 0.417. The van der Waals surface area contributed by atoms with E-state index in [2.05, 4.69) is 5.32 Å². The molecule has 5 nitrogen and oxygen atoms in total. The highest BCUT2D eigenvalue weighted by Crippen LogP contribution is 2.31. The minimum atomic E-state index is -0.779. The predicted molar refractivity (Wildman–Crippen MR) is 114 cm³/mol. The summed E-state index contributed by atoms with van der Waals surface area (Å²) in [6.45, 7) is 0.282. The highest BCUT2D eigenvalue weighted by molar-refractivity contribution is 5.95. The Labute approximate surface area is 180 Å². The van der Waals surface area contributed by atoms with Gasteiger partial charge in [-0.2, -0.15) is 0 Å². The van der Waals surface area contributed by atoms with Gasteiger partial charge in [0, 0.05) is 41.9 Å². The van der Waals surface area contributed by atoms with Gasteiger partial charge in [0.05, 0.1) is 0 Å². The van der Waals surface area contributed by atoms with Crippen molar-refractivity contribution in [2.45, 2.75) is 57.2 Å². The van der Waals surface area contributed by atoms with Gasteiger partial charge in [0.1, 0.15) is 11.6 Å². The van der Waals surface area contributed by atoms with E-state index in [9.17, 15) is 18.4 Å². The highest BCUT2D eigenvalue weighted by Gasteiger charge is 2.30. The predicted octanol–water partition coefficient (Wildman–Crippen LogP) is 4.23. The number of carbonyl (C=O) groups excluding carboxylic acids is 2. The van der Waals surface area contributed by atoms with Gasteiger partial charge in [-0.1, -0.05) is 12.1 Å². The van der Waals surface area contributed by atoms with Crippen molar-refractivity contribution in [3.8, 4) is 0 Å². The van der Waals surface area contributed by atoms with Crippen LogP contribution in [0.15, 0.2) is 42.5 Å². The molecule has 2 aliphatic rings. The fourth-order valence-corrected chi connectivity index (χ4v) is 4.16. The first kappa shape index (κ1) is 21.4. The number of hydrogen-bond donors (Lipinski definition) is 2. The molecule has 7 heteroatoms. The lowest BCUT2D eigenvalue weighted by Crippen LogP contribution is -2.44. The largest absolute Gasteiger partial charge is 0.331 e. The smallest absolute Gasteiger partial charge is 0.254 e. The minimum absolute atomic E-state index is 0.00874. The fourth-order valence-electron chi connectivity index (χ4n) is 4.16. The highest BCUT2D eigenvalue weighted by atomic mass is 19.1. The average Bonchev–Trinajstić information content (AvgIpc) is 3.57. The Morgan fingerprint density at radius 2 is 1.65 bits per heavy atom. The maximum Gasteiger partial charge on any atom is 0.254 e. The molecule has 2 fully saturated rings. The first-order chi connectivity index (χ1) is 14.9. The lowest BCUT2D eigenvalue weighted by atomic mass is 9.90. The van der Waals surface area contributed by atoms with Gasteiger partial charge in [-0.3, -0.25) is 9.59 Å². The zero-order valence-corrected chi connectivity index (χ0v) is 17.3. The van der Waals surface area contributed by atoms with Crippen LogP contribution in [0.1, 0.15) is 54.4 Å². The monoisotopic (exact) mass is 427 g/mol. The van der Waals surface area contributed by atoms with Crippen LogP contribution in [0.3, 0.4) is 0 Å². The van der Waals surface area contributed by atoms with Crippen LogP contribution >= 0.6 is 0 Å². The van der Waals surface area contributed by atoms with Crippen molar-refractivity contribution >= 4 is 17.5 Å². The van der Waals surface area contributed by atoms with E-state index in [0.717, 1.165) is 62.3 Å². The van der Waals surface area contributed by atoms with Crippen LogP contribution in [0.5, 0.6) is 0 Å². The van der Waals surface area contributed by atoms with Crippen LogP contribution in [0, 0.1) is 17.6 Å². The van der Waals surface area contributed by atoms with Gasteiger partial charge in [0.25, 0.3) is 5.91 Å². The topological polar surface area (TPSA) is 75.4 Å². The van der Waals surface area contributed by atoms with E-state index < -0.39 is 17.5 Å². The Morgan fingerprint density at radius 1 is 0.968 bits per heavy atom. The molecule has 2 aliphatic carbocycles. The van der Waals surface area contributed by atoms with Crippen LogP contribution in [0.2, 0.25) is 0 Å². The van der Waals surface area contributed by atoms with Gasteiger partial charge in [-0.15, -0.1) is 0 Å². The number of anilines is 1. The molecule has 0 radical (unpaired) electrons. The summed E-state index contributed by atoms with van der Waals surface area (Å²) < 4.78 is 27.5. The summed E-state index contributed by atoms with van der Waals surface area (Å²) in [5, 5.41) is 2.92. The van der Waals surface area contributed by atoms with E-state index in [1.54, 1.807) is 4.90 Å². The molecule has 0 aromatic heterocycles. The molecule has 0 saturated heterocycles. The molecule has 164 valence electrons. The van der Waals surface area contributed by atoms with Crippen molar-refractivity contribution in [1.82, 2.24) is 4.90 Å². The molecule has 0 atom stereocenters. The van der Waals surface area contributed by atoms with E-state index in [1.165, 1.54) is 0 Å². The molecule has 3 N–H and O–H groups in total. The van der Waals surface area contributed by atoms with E-state index in [-0.39, 0.29) is 36.0 Å². The Kier molecular flexibility index (Phi) is 6.32. The summed E-state index contributed by atoms with van der Waals surface area (Å²) in [5.41, 5.74) is 7.55. The number of nitrogens with one attached hydrogen (secondary N) is 1. The van der Waals surface area contributed by atoms with Crippen LogP contribution in [-0.4, -0.2) is 28.8 Å². The Hall–Kier alpha value is -2.80. The van der Waals surface area contributed by atoms with Crippen molar-refractivity contribution in [2.75, 3.05) is 5.32 Å². The van der Waals surface area contributed by atoms with E-state index in [4.69, 9.17) is 5.73 Å². The number of halogens is 2. The number of carbonyl (C=O) groups is 2. The van der Waals surface area contributed by atoms with Crippen molar-refractivity contribution in [1.29, 1.82) is 0 Å². The summed E-state index contributed by atoms with van der Waals surface area (Å²) in [5.74, 6) is -1.86. The van der Waals surface area contributed by atoms with Gasteiger partial charge < -0.3 is 16.0 Å². The van der Waals surface area contributed by atoms with Gasteiger partial charge in [0.15, 0.2) is 0 Å². The number of nitrogens with zero attached hydrogens (tertiary/aromatic N) is 1. The summed E-state index contributed by atoms with van der Waals surface area (Å²) in [6, 6.07) is 10.3. The van der Waals surface area contributed by atoms with Crippen LogP contribution in [0.25, 0.3) is 0 Å². The molecule has 2 aromatic carbocycles. The normalized spacial score (nSPS) is 20.9. The lowest BCUT2D eigenvalue weighted by Gasteiger charge is -2.36. The Bertz CT molecular complexity index is 949. The first-order valence-electron chi connectivity index (χ1n) is 10.8. The zero-order chi connectivity index (χ0) is 22.0. The molecule has 2 aromatic rings. The molecule has 31 heavy (non-hydrogen) atoms. The second kappa shape index (κ2) is 9.14. The summed E-state index contributed by atoms with van der Waals surface area (Å²) in [6.07, 6.45) is 4.90. The van der Waals surface area contributed by atoms with Gasteiger partial charge in [-0.25, -0.2) is 8.78 Å². The molecule has 0 bridgehead atoms. The van der Waals surface area contributed by atoms with E-state index in [1.807, 2.05) is 24.3 Å². The molecule has 2 saturated carbocycles. The quantitative estimate of drug-likeness (QED) is 0.725. The van der Waals surface area contributed by atoms with Crippen molar-refractivity contribution in [2.24, 2.45) is 11.7 Å². The van der Waals surface area contributed by atoms with Gasteiger partial charge in [0.2, 0.25) is 5.91 Å². The molecule has 0 unspecified atom stereocenters. The van der Waals surface area contributed by atoms with Crippen LogP contribution < -0.4 is 11.1 Å². The number of hydrogen-bond acceptors (Lipinski definition) is 3. The third kappa shape index (κ3) is 5.47. The van der Waals surface area contributed by atoms with Crippen molar-refractivity contribution in [3.05, 3.63) is 65.2 Å². The summed E-state index contributed by atoms with van der Waals surface area (Å²) in [4.78, 5) is 27.1. The SMILES string of the molecule is NC1CCC(N(Cc2cccc(NC(=O)C3CC3)c2)C(=O)c2cc(F)cc(F)c2)CC1. The second-order valence-electron chi connectivity index (χ2n) is 8.62. The molecular formula is C24H27F2N3O2. The minimum Gasteiger partial charge on any atom is -0.331 e. The molecule has 2 amide bonds. The Morgan fingerprint density at radius 3 is 2.29 bits per heavy atom. The van der Waals surface area contributed by atoms with Crippen molar-refractivity contribution < 1.29 is 18.4 Å². The standard InChI is InChI=1S/C24H27F2N3O2/c25-18-11-17(12-19(26)13-18)24(31)29(22-8-6-20(27)7-9-22)14-15-2-1-3-21(10-15)28-23(30)16-4-5-16/h1-3,10-13,16,20,22H,4-9,14,27H2,(H,28,30). The second-order valence-corrected chi connectivity index (χ2v) is 8.62. The molecule has 0 heterocycles. The van der Waals surface area contributed by atoms with E-state index >= 15 is 0 Å². The number of nitrogens with two attached hydrogens (primary N) is 1. The molecule has 0 spiro atoms. The van der Waals surface area contributed by atoms with Gasteiger partial charge in [-0.05, 0) is 68.4 Å². The maximum atomic E-state index is 13.7. The lowest BCUT2D eigenvalue weighted by molar-refractivity contribution is -0.117. The number of benzene rings is 2. The van der Waals surface area contributed by atoms with Crippen LogP contribution in [-0.2, 0) is 11.3 Å². The Balaban J connectivity index is 1.57. The van der Waals surface area contributed by atoms with E-state index in [0.29, 0.717) is 5.69 Å². The van der Waals surface area contributed by atoms with Gasteiger partial charge >= 0.3 is 0 Å². The van der Waals surface area contributed by atoms with Crippen LogP contribution in [0.4, 0.5) is 14.5 Å². The maximum absolute atomic E-state index is 13.7. The summed E-state index contributed by atoms with van der Waals surface area (Å²) in [7, 11) is 0. The van der Waals surface area contributed by atoms with Crippen molar-refractivity contribution in [3.63, 3.8) is 0 Å². The third-order valence-corrected chi connectivity index (χ3v) is 6.05. The third-order valence-electron chi connectivity index (χ3n) is 6.05. The summed E-state index contributed by atoms with van der Waals surface area (Å²) >= 11 is 0. The zero-order valence-electron chi connectivity index (χ0n) is 17.3. The molecular weight excluding hydrogens is 400 g/mol. The molecule has 4 rings (SSSR count). The first-order valence-corrected chi connectivity index (χ1v) is 10.8. The number of amides is 2.